The van der Waals surface area contributed by atoms with Crippen molar-refractivity contribution in [1.29, 1.82) is 0 Å². The molecule has 0 saturated heterocycles. The number of hydrogen-bond acceptors (Lipinski definition) is 4. The summed E-state index contributed by atoms with van der Waals surface area (Å²) in [7, 11) is 1.33. The molecule has 0 aliphatic rings. The third-order valence-electron chi connectivity index (χ3n) is 3.62. The summed E-state index contributed by atoms with van der Waals surface area (Å²) in [5, 5.41) is 2.86. The zero-order chi connectivity index (χ0) is 17.7. The van der Waals surface area contributed by atoms with Crippen molar-refractivity contribution in [1.82, 2.24) is 0 Å². The Bertz CT molecular complexity index is 771. The van der Waals surface area contributed by atoms with E-state index in [4.69, 9.17) is 4.74 Å². The van der Waals surface area contributed by atoms with Crippen LogP contribution in [0.4, 0.5) is 5.69 Å². The second kappa shape index (κ2) is 8.02. The van der Waals surface area contributed by atoms with Crippen molar-refractivity contribution in [3.63, 3.8) is 0 Å². The SMILES string of the molecule is COC(=O)c1ccc(C)c(NC(=O)CSc2ccc(C)cc2C)c1. The molecule has 126 valence electrons. The van der Waals surface area contributed by atoms with Gasteiger partial charge in [0.1, 0.15) is 0 Å². The van der Waals surface area contributed by atoms with Crippen molar-refractivity contribution < 1.29 is 14.3 Å². The van der Waals surface area contributed by atoms with Crippen LogP contribution in [0.15, 0.2) is 41.3 Å². The number of thioether (sulfide) groups is 1. The van der Waals surface area contributed by atoms with E-state index in [0.717, 1.165) is 16.0 Å². The van der Waals surface area contributed by atoms with E-state index in [2.05, 4.69) is 11.4 Å². The van der Waals surface area contributed by atoms with E-state index in [1.165, 1.54) is 24.4 Å². The number of carbonyl (C=O) groups is 2. The Morgan fingerprint density at radius 1 is 1.04 bits per heavy atom. The van der Waals surface area contributed by atoms with E-state index in [1.807, 2.05) is 32.9 Å². The molecule has 2 aromatic carbocycles. The van der Waals surface area contributed by atoms with Gasteiger partial charge in [-0.1, -0.05) is 23.8 Å². The van der Waals surface area contributed by atoms with Gasteiger partial charge in [-0.05, 0) is 50.1 Å². The van der Waals surface area contributed by atoms with Gasteiger partial charge in [0.15, 0.2) is 0 Å². The number of aryl methyl sites for hydroxylation is 3. The minimum Gasteiger partial charge on any atom is -0.465 e. The largest absolute Gasteiger partial charge is 0.465 e. The molecular formula is C19H21NO3S. The number of methoxy groups -OCH3 is 1. The quantitative estimate of drug-likeness (QED) is 0.655. The molecule has 0 fully saturated rings. The fourth-order valence-electron chi connectivity index (χ4n) is 2.29. The van der Waals surface area contributed by atoms with Gasteiger partial charge in [0, 0.05) is 10.6 Å². The molecule has 0 heterocycles. The molecule has 0 radical (unpaired) electrons. The van der Waals surface area contributed by atoms with E-state index in [1.54, 1.807) is 18.2 Å². The predicted molar refractivity (Wildman–Crippen MR) is 97.8 cm³/mol. The van der Waals surface area contributed by atoms with Crippen molar-refractivity contribution >= 4 is 29.3 Å². The number of esters is 1. The first-order valence-electron chi connectivity index (χ1n) is 7.59. The Labute approximate surface area is 146 Å². The molecule has 5 heteroatoms. The maximum absolute atomic E-state index is 12.2. The van der Waals surface area contributed by atoms with Crippen LogP contribution in [0.1, 0.15) is 27.0 Å². The smallest absolute Gasteiger partial charge is 0.337 e. The first-order chi connectivity index (χ1) is 11.4. The fourth-order valence-corrected chi connectivity index (χ4v) is 3.10. The van der Waals surface area contributed by atoms with E-state index >= 15 is 0 Å². The molecule has 0 saturated carbocycles. The molecule has 1 N–H and O–H groups in total. The minimum atomic E-state index is -0.421. The zero-order valence-electron chi connectivity index (χ0n) is 14.3. The second-order valence-corrected chi connectivity index (χ2v) is 6.64. The highest BCUT2D eigenvalue weighted by Crippen LogP contribution is 2.24. The third kappa shape index (κ3) is 4.61. The van der Waals surface area contributed by atoms with E-state index in [0.29, 0.717) is 17.0 Å². The van der Waals surface area contributed by atoms with Gasteiger partial charge in [-0.25, -0.2) is 4.79 Å². The molecular weight excluding hydrogens is 322 g/mol. The average molecular weight is 343 g/mol. The molecule has 0 bridgehead atoms. The molecule has 2 rings (SSSR count). The first-order valence-corrected chi connectivity index (χ1v) is 8.58. The lowest BCUT2D eigenvalue weighted by Crippen LogP contribution is -2.15. The second-order valence-electron chi connectivity index (χ2n) is 5.63. The Morgan fingerprint density at radius 2 is 1.79 bits per heavy atom. The van der Waals surface area contributed by atoms with Gasteiger partial charge in [-0.15, -0.1) is 11.8 Å². The van der Waals surface area contributed by atoms with Crippen LogP contribution in [0.25, 0.3) is 0 Å². The number of rotatable bonds is 5. The molecule has 0 aliphatic heterocycles. The van der Waals surface area contributed by atoms with Gasteiger partial charge in [-0.3, -0.25) is 4.79 Å². The standard InChI is InChI=1S/C19H21NO3S/c1-12-5-8-17(14(3)9-12)24-11-18(21)20-16-10-15(19(22)23-4)7-6-13(16)2/h5-10H,11H2,1-4H3,(H,20,21). The highest BCUT2D eigenvalue weighted by atomic mass is 32.2. The van der Waals surface area contributed by atoms with Crippen molar-refractivity contribution in [2.75, 3.05) is 18.2 Å². The number of hydrogen-bond donors (Lipinski definition) is 1. The minimum absolute atomic E-state index is 0.106. The summed E-state index contributed by atoms with van der Waals surface area (Å²) in [4.78, 5) is 24.9. The Kier molecular flexibility index (Phi) is 6.04. The zero-order valence-corrected chi connectivity index (χ0v) is 15.1. The van der Waals surface area contributed by atoms with Gasteiger partial charge < -0.3 is 10.1 Å². The Hall–Kier alpha value is -2.27. The maximum atomic E-state index is 12.2. The number of nitrogens with one attached hydrogen (secondary N) is 1. The monoisotopic (exact) mass is 343 g/mol. The molecule has 0 aromatic heterocycles. The summed E-state index contributed by atoms with van der Waals surface area (Å²) in [6, 6.07) is 11.3. The van der Waals surface area contributed by atoms with Crippen molar-refractivity contribution in [3.05, 3.63) is 58.7 Å². The van der Waals surface area contributed by atoms with Gasteiger partial charge in [0.25, 0.3) is 0 Å². The van der Waals surface area contributed by atoms with Gasteiger partial charge in [0.2, 0.25) is 5.91 Å². The molecule has 4 nitrogen and oxygen atoms in total. The number of anilines is 1. The summed E-state index contributed by atoms with van der Waals surface area (Å²) in [6.07, 6.45) is 0. The predicted octanol–water partition coefficient (Wildman–Crippen LogP) is 4.13. The van der Waals surface area contributed by atoms with Gasteiger partial charge in [-0.2, -0.15) is 0 Å². The number of amides is 1. The summed E-state index contributed by atoms with van der Waals surface area (Å²) < 4.78 is 4.71. The van der Waals surface area contributed by atoms with Crippen LogP contribution < -0.4 is 5.32 Å². The van der Waals surface area contributed by atoms with Crippen LogP contribution in [0.5, 0.6) is 0 Å². The molecule has 0 unspecified atom stereocenters. The van der Waals surface area contributed by atoms with Crippen LogP contribution in [0.3, 0.4) is 0 Å². The van der Waals surface area contributed by atoms with Crippen LogP contribution in [0, 0.1) is 20.8 Å². The highest BCUT2D eigenvalue weighted by Gasteiger charge is 2.11. The molecule has 0 aliphatic carbocycles. The Balaban J connectivity index is 2.03. The molecule has 24 heavy (non-hydrogen) atoms. The topological polar surface area (TPSA) is 55.4 Å². The lowest BCUT2D eigenvalue weighted by Gasteiger charge is -2.11. The summed E-state index contributed by atoms with van der Waals surface area (Å²) in [5.74, 6) is -0.216. The van der Waals surface area contributed by atoms with Crippen molar-refractivity contribution in [2.24, 2.45) is 0 Å². The van der Waals surface area contributed by atoms with Crippen molar-refractivity contribution in [2.45, 2.75) is 25.7 Å². The number of benzene rings is 2. The Morgan fingerprint density at radius 3 is 2.46 bits per heavy atom. The van der Waals surface area contributed by atoms with Gasteiger partial charge in [0.05, 0.1) is 18.4 Å². The van der Waals surface area contributed by atoms with Crippen LogP contribution in [-0.2, 0) is 9.53 Å². The molecule has 1 amide bonds. The number of ether oxygens (including phenoxy) is 1. The molecule has 0 spiro atoms. The maximum Gasteiger partial charge on any atom is 0.337 e. The van der Waals surface area contributed by atoms with Crippen LogP contribution in [0.2, 0.25) is 0 Å². The van der Waals surface area contributed by atoms with Crippen molar-refractivity contribution in [3.8, 4) is 0 Å². The van der Waals surface area contributed by atoms with E-state index in [9.17, 15) is 9.59 Å². The van der Waals surface area contributed by atoms with Gasteiger partial charge >= 0.3 is 5.97 Å². The number of carbonyl (C=O) groups excluding carboxylic acids is 2. The lowest BCUT2D eigenvalue weighted by atomic mass is 10.1. The third-order valence-corrected chi connectivity index (χ3v) is 4.80. The first kappa shape index (κ1) is 18.1. The average Bonchev–Trinajstić information content (AvgIpc) is 2.55. The normalized spacial score (nSPS) is 10.3. The molecule has 0 atom stereocenters. The summed E-state index contributed by atoms with van der Waals surface area (Å²) in [6.45, 7) is 5.97. The lowest BCUT2D eigenvalue weighted by molar-refractivity contribution is -0.113. The summed E-state index contributed by atoms with van der Waals surface area (Å²) >= 11 is 1.50. The highest BCUT2D eigenvalue weighted by molar-refractivity contribution is 8.00. The van der Waals surface area contributed by atoms with E-state index < -0.39 is 5.97 Å². The fraction of sp³-hybridized carbons (Fsp3) is 0.263. The van der Waals surface area contributed by atoms with E-state index in [-0.39, 0.29) is 5.91 Å². The van der Waals surface area contributed by atoms with Crippen LogP contribution >= 0.6 is 11.8 Å². The van der Waals surface area contributed by atoms with Crippen LogP contribution in [-0.4, -0.2) is 24.7 Å². The summed E-state index contributed by atoms with van der Waals surface area (Å²) in [5.41, 5.74) is 4.31. The molecule has 2 aromatic rings.